The molecule has 1 N–H and O–H groups in total. The Hall–Kier alpha value is -4.05. The third-order valence-corrected chi connectivity index (χ3v) is 8.36. The molecule has 0 bridgehead atoms. The van der Waals surface area contributed by atoms with Crippen LogP contribution in [0.4, 0.5) is 5.69 Å². The van der Waals surface area contributed by atoms with Crippen molar-refractivity contribution in [3.63, 3.8) is 0 Å². The Morgan fingerprint density at radius 2 is 1.62 bits per heavy atom. The Labute approximate surface area is 236 Å². The molecular weight excluding hydrogens is 530 g/mol. The molecule has 0 spiro atoms. The van der Waals surface area contributed by atoms with Gasteiger partial charge in [-0.15, -0.1) is 0 Å². The van der Waals surface area contributed by atoms with Crippen molar-refractivity contribution in [2.24, 2.45) is 0 Å². The first-order valence-electron chi connectivity index (χ1n) is 13.1. The Kier molecular flexibility index (Phi) is 10.6. The zero-order valence-corrected chi connectivity index (χ0v) is 24.4. The number of sulfonamides is 1. The molecule has 2 amide bonds. The Balaban J connectivity index is 2.11. The number of methoxy groups -OCH3 is 2. The van der Waals surface area contributed by atoms with Gasteiger partial charge in [0.1, 0.15) is 24.1 Å². The molecule has 40 heavy (non-hydrogen) atoms. The molecule has 0 fully saturated rings. The molecule has 0 aromatic heterocycles. The van der Waals surface area contributed by atoms with Crippen LogP contribution >= 0.6 is 0 Å². The topological polar surface area (TPSA) is 105 Å². The summed E-state index contributed by atoms with van der Waals surface area (Å²) in [5, 5.41) is 2.84. The highest BCUT2D eigenvalue weighted by Crippen LogP contribution is 2.36. The molecule has 0 saturated carbocycles. The van der Waals surface area contributed by atoms with Crippen molar-refractivity contribution in [1.29, 1.82) is 0 Å². The van der Waals surface area contributed by atoms with E-state index in [2.05, 4.69) is 5.32 Å². The molecule has 9 nitrogen and oxygen atoms in total. The summed E-state index contributed by atoms with van der Waals surface area (Å²) >= 11 is 0. The van der Waals surface area contributed by atoms with Gasteiger partial charge in [0.15, 0.2) is 0 Å². The lowest BCUT2D eigenvalue weighted by Gasteiger charge is -2.32. The number of benzene rings is 3. The van der Waals surface area contributed by atoms with E-state index in [0.29, 0.717) is 12.3 Å². The molecule has 0 saturated heterocycles. The van der Waals surface area contributed by atoms with Gasteiger partial charge in [0.2, 0.25) is 11.8 Å². The second kappa shape index (κ2) is 13.8. The molecule has 1 unspecified atom stereocenters. The SMILES string of the molecule is CCCNC(=O)C(C)N(Cc1ccccc1C)C(=O)CN(c1cc(OC)ccc1OC)S(=O)(=O)c1ccccc1. The van der Waals surface area contributed by atoms with Crippen molar-refractivity contribution in [3.8, 4) is 11.5 Å². The summed E-state index contributed by atoms with van der Waals surface area (Å²) < 4.78 is 39.8. The second-order valence-electron chi connectivity index (χ2n) is 9.28. The number of hydrogen-bond acceptors (Lipinski definition) is 6. The lowest BCUT2D eigenvalue weighted by molar-refractivity contribution is -0.139. The third kappa shape index (κ3) is 7.12. The van der Waals surface area contributed by atoms with E-state index in [1.54, 1.807) is 37.3 Å². The van der Waals surface area contributed by atoms with E-state index in [-0.39, 0.29) is 28.8 Å². The molecule has 3 rings (SSSR count). The van der Waals surface area contributed by atoms with Crippen molar-refractivity contribution in [1.82, 2.24) is 10.2 Å². The van der Waals surface area contributed by atoms with Crippen LogP contribution in [0.2, 0.25) is 0 Å². The first kappa shape index (κ1) is 30.5. The number of rotatable bonds is 13. The van der Waals surface area contributed by atoms with Crippen LogP contribution in [0.15, 0.2) is 77.7 Å². The van der Waals surface area contributed by atoms with Crippen molar-refractivity contribution in [2.45, 2.75) is 44.7 Å². The summed E-state index contributed by atoms with van der Waals surface area (Å²) in [6.07, 6.45) is 0.739. The lowest BCUT2D eigenvalue weighted by Crippen LogP contribution is -2.51. The van der Waals surface area contributed by atoms with E-state index in [9.17, 15) is 18.0 Å². The Morgan fingerprint density at radius 3 is 2.25 bits per heavy atom. The van der Waals surface area contributed by atoms with Crippen LogP contribution in [-0.2, 0) is 26.2 Å². The van der Waals surface area contributed by atoms with Crippen LogP contribution in [0.1, 0.15) is 31.4 Å². The van der Waals surface area contributed by atoms with Gasteiger partial charge >= 0.3 is 0 Å². The number of ether oxygens (including phenoxy) is 2. The monoisotopic (exact) mass is 567 g/mol. The van der Waals surface area contributed by atoms with Gasteiger partial charge in [0, 0.05) is 19.2 Å². The quantitative estimate of drug-likeness (QED) is 0.333. The summed E-state index contributed by atoms with van der Waals surface area (Å²) in [5.41, 5.74) is 1.94. The first-order valence-corrected chi connectivity index (χ1v) is 14.5. The average Bonchev–Trinajstić information content (AvgIpc) is 2.97. The Morgan fingerprint density at radius 1 is 0.950 bits per heavy atom. The van der Waals surface area contributed by atoms with Gasteiger partial charge in [-0.25, -0.2) is 8.42 Å². The molecule has 0 aliphatic rings. The fourth-order valence-corrected chi connectivity index (χ4v) is 5.61. The zero-order valence-electron chi connectivity index (χ0n) is 23.6. The Bertz CT molecular complexity index is 1410. The van der Waals surface area contributed by atoms with Gasteiger partial charge in [0.05, 0.1) is 24.8 Å². The summed E-state index contributed by atoms with van der Waals surface area (Å²) in [7, 11) is -1.34. The molecule has 3 aromatic carbocycles. The van der Waals surface area contributed by atoms with E-state index in [0.717, 1.165) is 21.9 Å². The maximum absolute atomic E-state index is 14.1. The fraction of sp³-hybridized carbons (Fsp3) is 0.333. The van der Waals surface area contributed by atoms with Crippen LogP contribution < -0.4 is 19.1 Å². The number of aryl methyl sites for hydroxylation is 1. The van der Waals surface area contributed by atoms with Gasteiger partial charge in [-0.3, -0.25) is 13.9 Å². The smallest absolute Gasteiger partial charge is 0.264 e. The maximum atomic E-state index is 14.1. The second-order valence-corrected chi connectivity index (χ2v) is 11.1. The molecule has 0 radical (unpaired) electrons. The zero-order chi connectivity index (χ0) is 29.3. The minimum atomic E-state index is -4.23. The van der Waals surface area contributed by atoms with E-state index < -0.39 is 28.5 Å². The average molecular weight is 568 g/mol. The van der Waals surface area contributed by atoms with Gasteiger partial charge in [-0.2, -0.15) is 0 Å². The highest BCUT2D eigenvalue weighted by atomic mass is 32.2. The molecule has 214 valence electrons. The van der Waals surface area contributed by atoms with Crippen LogP contribution in [-0.4, -0.2) is 58.5 Å². The van der Waals surface area contributed by atoms with E-state index in [4.69, 9.17) is 9.47 Å². The van der Waals surface area contributed by atoms with E-state index in [1.165, 1.54) is 37.3 Å². The number of hydrogen-bond donors (Lipinski definition) is 1. The van der Waals surface area contributed by atoms with Crippen LogP contribution in [0, 0.1) is 6.92 Å². The minimum absolute atomic E-state index is 0.00636. The number of nitrogens with zero attached hydrogens (tertiary/aromatic N) is 2. The fourth-order valence-electron chi connectivity index (χ4n) is 4.17. The van der Waals surface area contributed by atoms with Gasteiger partial charge in [-0.05, 0) is 55.7 Å². The molecule has 3 aromatic rings. The number of amides is 2. The number of nitrogens with one attached hydrogen (secondary N) is 1. The number of anilines is 1. The third-order valence-electron chi connectivity index (χ3n) is 6.58. The van der Waals surface area contributed by atoms with Crippen molar-refractivity contribution < 1.29 is 27.5 Å². The summed E-state index contributed by atoms with van der Waals surface area (Å²) in [4.78, 5) is 28.5. The molecule has 0 aliphatic heterocycles. The molecule has 10 heteroatoms. The number of carbonyl (C=O) groups is 2. The van der Waals surface area contributed by atoms with E-state index >= 15 is 0 Å². The number of carbonyl (C=O) groups excluding carboxylic acids is 2. The van der Waals surface area contributed by atoms with Gasteiger partial charge in [-0.1, -0.05) is 49.4 Å². The highest BCUT2D eigenvalue weighted by molar-refractivity contribution is 7.92. The standard InChI is InChI=1S/C30H37N3O6S/c1-6-18-31-30(35)23(3)32(20-24-13-11-10-12-22(24)2)29(34)21-33(40(36,37)26-14-8-7-9-15-26)27-19-25(38-4)16-17-28(27)39-5/h7-17,19,23H,6,18,20-21H2,1-5H3,(H,31,35). The summed E-state index contributed by atoms with van der Waals surface area (Å²) in [6.45, 7) is 5.52. The predicted molar refractivity (Wildman–Crippen MR) is 155 cm³/mol. The molecule has 0 aliphatic carbocycles. The van der Waals surface area contributed by atoms with Crippen molar-refractivity contribution in [2.75, 3.05) is 31.6 Å². The molecule has 0 heterocycles. The molecule has 1 atom stereocenters. The normalized spacial score (nSPS) is 11.8. The van der Waals surface area contributed by atoms with Gasteiger partial charge in [0.25, 0.3) is 10.0 Å². The van der Waals surface area contributed by atoms with Crippen LogP contribution in [0.25, 0.3) is 0 Å². The van der Waals surface area contributed by atoms with E-state index in [1.807, 2.05) is 38.1 Å². The van der Waals surface area contributed by atoms with Crippen LogP contribution in [0.5, 0.6) is 11.5 Å². The predicted octanol–water partition coefficient (Wildman–Crippen LogP) is 4.15. The minimum Gasteiger partial charge on any atom is -0.497 e. The lowest BCUT2D eigenvalue weighted by atomic mass is 10.1. The largest absolute Gasteiger partial charge is 0.497 e. The summed E-state index contributed by atoms with van der Waals surface area (Å²) in [6, 6.07) is 19.3. The van der Waals surface area contributed by atoms with Crippen LogP contribution in [0.3, 0.4) is 0 Å². The van der Waals surface area contributed by atoms with Crippen molar-refractivity contribution >= 4 is 27.5 Å². The summed E-state index contributed by atoms with van der Waals surface area (Å²) in [5.74, 6) is -0.236. The first-order chi connectivity index (χ1) is 19.1. The van der Waals surface area contributed by atoms with Crippen molar-refractivity contribution in [3.05, 3.63) is 83.9 Å². The molecular formula is C30H37N3O6S. The highest BCUT2D eigenvalue weighted by Gasteiger charge is 2.34. The maximum Gasteiger partial charge on any atom is 0.264 e. The van der Waals surface area contributed by atoms with Gasteiger partial charge < -0.3 is 19.7 Å².